The molecule has 4 unspecified atom stereocenters. The van der Waals surface area contributed by atoms with Gasteiger partial charge < -0.3 is 40.5 Å². The Bertz CT molecular complexity index is 1090. The van der Waals surface area contributed by atoms with E-state index in [-0.39, 0.29) is 17.7 Å². The van der Waals surface area contributed by atoms with E-state index in [1.54, 1.807) is 0 Å². The van der Waals surface area contributed by atoms with Crippen molar-refractivity contribution in [2.24, 2.45) is 5.41 Å². The first-order valence-electron chi connectivity index (χ1n) is 13.9. The van der Waals surface area contributed by atoms with E-state index in [1.165, 1.54) is 0 Å². The van der Waals surface area contributed by atoms with Gasteiger partial charge >= 0.3 is 0 Å². The Kier molecular flexibility index (Phi) is 11.9. The summed E-state index contributed by atoms with van der Waals surface area (Å²) < 4.78 is 11.7. The maximum Gasteiger partial charge on any atom is 0.235 e. The number of epoxide rings is 1. The number of nitrogens with zero attached hydrogens (tertiary/aromatic N) is 1. The van der Waals surface area contributed by atoms with Gasteiger partial charge in [0.05, 0.1) is 0 Å². The first-order chi connectivity index (χ1) is 19.0. The molecule has 1 aliphatic heterocycles. The van der Waals surface area contributed by atoms with Crippen molar-refractivity contribution in [1.82, 2.24) is 20.9 Å². The molecule has 4 atom stereocenters. The Morgan fingerprint density at radius 1 is 1.27 bits per heavy atom. The zero-order chi connectivity index (χ0) is 29.3. The van der Waals surface area contributed by atoms with Gasteiger partial charge in [-0.05, 0) is 57.1 Å². The van der Waals surface area contributed by atoms with Crippen molar-refractivity contribution in [3.05, 3.63) is 76.4 Å². The molecule has 0 bridgehead atoms. The highest BCUT2D eigenvalue weighted by Crippen LogP contribution is 2.34. The molecule has 1 fully saturated rings. The summed E-state index contributed by atoms with van der Waals surface area (Å²) in [6, 6.07) is 9.77. The number of para-hydroxylation sites is 1. The molecule has 1 aliphatic carbocycles. The quantitative estimate of drug-likeness (QED) is 0.101. The second-order valence-corrected chi connectivity index (χ2v) is 11.6. The number of rotatable bonds is 16. The number of benzene rings is 1. The molecular weight excluding hydrogens is 530 g/mol. The van der Waals surface area contributed by atoms with Crippen molar-refractivity contribution < 1.29 is 25.0 Å². The van der Waals surface area contributed by atoms with Gasteiger partial charge in [0.2, 0.25) is 12.5 Å². The number of nitrogens with one attached hydrogen (secondary N) is 3. The topological polar surface area (TPSA) is 118 Å². The van der Waals surface area contributed by atoms with Gasteiger partial charge in [0.15, 0.2) is 5.76 Å². The molecule has 7 N–H and O–H groups in total. The van der Waals surface area contributed by atoms with Gasteiger partial charge in [-0.1, -0.05) is 49.7 Å². The minimum Gasteiger partial charge on any atom is -0.462 e. The van der Waals surface area contributed by atoms with Crippen LogP contribution in [0.5, 0.6) is 0 Å². The Balaban J connectivity index is 1.67. The Morgan fingerprint density at radius 2 is 2.00 bits per heavy atom. The largest absolute Gasteiger partial charge is 0.462 e. The standard InChI is InChI=1S/C30H46ClN5O4/c1-7-39-24-14-13-20(31)17-23(24)34-26(37)19-30(2,3)18-25-29(40-25)35-27(22(32-4)15-16-36(5)6)28(38)33-21-11-9-8-10-12-21/h8-13,17-18,24,26,28-29,32-35,37-38H,7,14-16,19H2,1-6H3/p+1. The highest BCUT2D eigenvalue weighted by Gasteiger charge is 2.38. The number of quaternary nitrogens is 1. The molecule has 2 aliphatic rings. The molecule has 0 aromatic heterocycles. The van der Waals surface area contributed by atoms with E-state index in [0.29, 0.717) is 30.2 Å². The molecule has 3 rings (SSSR count). The van der Waals surface area contributed by atoms with E-state index in [1.807, 2.05) is 81.9 Å². The van der Waals surface area contributed by atoms with Gasteiger partial charge in [0, 0.05) is 49.5 Å². The van der Waals surface area contributed by atoms with Gasteiger partial charge in [-0.3, -0.25) is 5.32 Å². The average Bonchev–Trinajstić information content (AvgIpc) is 3.61. The summed E-state index contributed by atoms with van der Waals surface area (Å²) in [5.74, 6) is 0.778. The fraction of sp³-hybridized carbons (Fsp3) is 0.533. The first-order valence-corrected chi connectivity index (χ1v) is 14.3. The summed E-state index contributed by atoms with van der Waals surface area (Å²) >= 11 is 6.21. The molecule has 1 saturated heterocycles. The normalized spacial score (nSPS) is 22.1. The van der Waals surface area contributed by atoms with Crippen molar-refractivity contribution in [3.8, 4) is 0 Å². The molecular formula is C30H47ClN5O4+. The van der Waals surface area contributed by atoms with Crippen LogP contribution >= 0.6 is 11.6 Å². The molecule has 0 spiro atoms. The fourth-order valence-corrected chi connectivity index (χ4v) is 4.90. The molecule has 0 radical (unpaired) electrons. The Hall–Kier alpha value is -2.53. The first kappa shape index (κ1) is 32.0. The van der Waals surface area contributed by atoms with Gasteiger partial charge in [-0.25, -0.2) is 0 Å². The van der Waals surface area contributed by atoms with Crippen molar-refractivity contribution in [3.63, 3.8) is 0 Å². The summed E-state index contributed by atoms with van der Waals surface area (Å²) in [7, 11) is 5.91. The minimum atomic E-state index is -0.848. The molecule has 1 aromatic rings. The van der Waals surface area contributed by atoms with Crippen LogP contribution in [0, 0.1) is 5.41 Å². The maximum atomic E-state index is 11.2. The van der Waals surface area contributed by atoms with Crippen molar-refractivity contribution >= 4 is 17.3 Å². The number of ether oxygens (including phenoxy) is 2. The summed E-state index contributed by atoms with van der Waals surface area (Å²) in [5.41, 5.74) is 2.94. The number of hydrogen-bond acceptors (Lipinski definition) is 8. The van der Waals surface area contributed by atoms with Crippen molar-refractivity contribution in [2.45, 2.75) is 64.8 Å². The van der Waals surface area contributed by atoms with E-state index in [4.69, 9.17) is 21.1 Å². The number of aliphatic hydroxyl groups excluding tert-OH is 2. The third-order valence-electron chi connectivity index (χ3n) is 6.74. The molecule has 9 nitrogen and oxygen atoms in total. The van der Waals surface area contributed by atoms with Crippen LogP contribution in [0.4, 0.5) is 5.69 Å². The number of aliphatic hydroxyl groups is 2. The summed E-state index contributed by atoms with van der Waals surface area (Å²) in [5, 5.41) is 34.4. The second-order valence-electron chi connectivity index (χ2n) is 11.1. The third-order valence-corrected chi connectivity index (χ3v) is 7.01. The van der Waals surface area contributed by atoms with E-state index >= 15 is 0 Å². The summed E-state index contributed by atoms with van der Waals surface area (Å²) in [6.07, 6.45) is 5.46. The third kappa shape index (κ3) is 10.1. The van der Waals surface area contributed by atoms with E-state index in [9.17, 15) is 10.2 Å². The molecule has 1 heterocycles. The molecule has 222 valence electrons. The molecule has 10 heteroatoms. The summed E-state index contributed by atoms with van der Waals surface area (Å²) in [6.45, 7) is 7.46. The van der Waals surface area contributed by atoms with Gasteiger partial charge in [-0.15, -0.1) is 0 Å². The number of nitrogens with two attached hydrogens (primary N) is 1. The van der Waals surface area contributed by atoms with Gasteiger partial charge in [0.25, 0.3) is 0 Å². The van der Waals surface area contributed by atoms with E-state index < -0.39 is 12.5 Å². The predicted octanol–water partition coefficient (Wildman–Crippen LogP) is 2.55. The lowest BCUT2D eigenvalue weighted by atomic mass is 9.87. The van der Waals surface area contributed by atoms with Gasteiger partial charge in [-0.2, -0.15) is 0 Å². The maximum absolute atomic E-state index is 11.2. The van der Waals surface area contributed by atoms with Crippen LogP contribution in [0.25, 0.3) is 0 Å². The van der Waals surface area contributed by atoms with Crippen LogP contribution in [0.3, 0.4) is 0 Å². The van der Waals surface area contributed by atoms with E-state index in [2.05, 4.69) is 34.7 Å². The lowest BCUT2D eigenvalue weighted by Crippen LogP contribution is -2.86. The van der Waals surface area contributed by atoms with Crippen molar-refractivity contribution in [2.75, 3.05) is 34.3 Å². The predicted molar refractivity (Wildman–Crippen MR) is 159 cm³/mol. The van der Waals surface area contributed by atoms with E-state index in [0.717, 1.165) is 35.8 Å². The lowest BCUT2D eigenvalue weighted by molar-refractivity contribution is -0.643. The van der Waals surface area contributed by atoms with Gasteiger partial charge in [0.1, 0.15) is 23.7 Å². The molecule has 1 aromatic carbocycles. The Labute approximate surface area is 243 Å². The van der Waals surface area contributed by atoms with Crippen LogP contribution in [0.1, 0.15) is 40.0 Å². The smallest absolute Gasteiger partial charge is 0.235 e. The molecule has 40 heavy (non-hydrogen) atoms. The highest BCUT2D eigenvalue weighted by atomic mass is 35.5. The zero-order valence-electron chi connectivity index (χ0n) is 24.6. The minimum absolute atomic E-state index is 0.151. The van der Waals surface area contributed by atoms with Crippen molar-refractivity contribution in [1.29, 1.82) is 0 Å². The van der Waals surface area contributed by atoms with Crippen LogP contribution in [-0.4, -0.2) is 74.2 Å². The van der Waals surface area contributed by atoms with Crippen LogP contribution in [0.2, 0.25) is 0 Å². The molecule has 0 amide bonds. The monoisotopic (exact) mass is 576 g/mol. The number of halogens is 1. The lowest BCUT2D eigenvalue weighted by Gasteiger charge is -2.29. The number of allylic oxidation sites excluding steroid dienone is 3. The average molecular weight is 577 g/mol. The molecule has 0 saturated carbocycles. The highest BCUT2D eigenvalue weighted by molar-refractivity contribution is 6.31. The van der Waals surface area contributed by atoms with Crippen LogP contribution < -0.4 is 21.3 Å². The summed E-state index contributed by atoms with van der Waals surface area (Å²) in [4.78, 5) is 2.10. The Morgan fingerprint density at radius 3 is 2.65 bits per heavy atom. The zero-order valence-corrected chi connectivity index (χ0v) is 25.3. The SMILES string of the molecule is CCOC1CC=C(Cl)C=C1NC(O)CC(C)(C)C=C1OC1NC(=C(CCN(C)C)NC)C(O)[NH2+]c1ccccc1. The second kappa shape index (κ2) is 14.9. The fourth-order valence-electron chi connectivity index (χ4n) is 4.69. The van der Waals surface area contributed by atoms with Crippen LogP contribution in [-0.2, 0) is 9.47 Å². The number of hydrogen-bond donors (Lipinski definition) is 6. The van der Waals surface area contributed by atoms with Crippen LogP contribution in [0.15, 0.2) is 76.4 Å².